The van der Waals surface area contributed by atoms with Crippen LogP contribution in [0, 0.1) is 0 Å². The molecule has 2 aromatic heterocycles. The zero-order valence-corrected chi connectivity index (χ0v) is 10.9. The lowest BCUT2D eigenvalue weighted by Gasteiger charge is -2.47. The van der Waals surface area contributed by atoms with E-state index >= 15 is 0 Å². The van der Waals surface area contributed by atoms with E-state index in [0.717, 1.165) is 18.4 Å². The Balaban J connectivity index is 1.79. The molecule has 3 heterocycles. The Morgan fingerprint density at radius 1 is 1.47 bits per heavy atom. The lowest BCUT2D eigenvalue weighted by Crippen LogP contribution is -2.68. The molecule has 6 heteroatoms. The molecule has 100 valence electrons. The monoisotopic (exact) mass is 259 g/mol. The molecule has 0 saturated carbocycles. The molecule has 0 unspecified atom stereocenters. The fourth-order valence-corrected chi connectivity index (χ4v) is 2.68. The van der Waals surface area contributed by atoms with Crippen molar-refractivity contribution in [3.05, 3.63) is 30.4 Å². The van der Waals surface area contributed by atoms with Crippen molar-refractivity contribution in [2.45, 2.75) is 25.3 Å². The van der Waals surface area contributed by atoms with E-state index in [9.17, 15) is 4.79 Å². The summed E-state index contributed by atoms with van der Waals surface area (Å²) in [5.41, 5.74) is 7.30. The van der Waals surface area contributed by atoms with Gasteiger partial charge in [0, 0.05) is 25.5 Å². The molecule has 19 heavy (non-hydrogen) atoms. The second-order valence-corrected chi connectivity index (χ2v) is 5.24. The van der Waals surface area contributed by atoms with Gasteiger partial charge in [0.1, 0.15) is 0 Å². The van der Waals surface area contributed by atoms with Crippen LogP contribution in [0.4, 0.5) is 0 Å². The van der Waals surface area contributed by atoms with E-state index in [1.807, 2.05) is 0 Å². The van der Waals surface area contributed by atoms with E-state index in [0.29, 0.717) is 18.7 Å². The highest BCUT2D eigenvalue weighted by molar-refractivity contribution is 6.01. The van der Waals surface area contributed by atoms with Crippen LogP contribution in [-0.2, 0) is 0 Å². The molecule has 0 radical (unpaired) electrons. The van der Waals surface area contributed by atoms with Gasteiger partial charge in [0.2, 0.25) is 0 Å². The smallest absolute Gasteiger partial charge is 0.257 e. The summed E-state index contributed by atoms with van der Waals surface area (Å²) >= 11 is 0. The maximum absolute atomic E-state index is 12.4. The van der Waals surface area contributed by atoms with Crippen molar-refractivity contribution in [1.29, 1.82) is 0 Å². The van der Waals surface area contributed by atoms with Crippen molar-refractivity contribution in [2.75, 3.05) is 13.1 Å². The minimum atomic E-state index is -0.203. The third kappa shape index (κ3) is 1.98. The first kappa shape index (κ1) is 12.1. The van der Waals surface area contributed by atoms with Crippen molar-refractivity contribution in [1.82, 2.24) is 19.5 Å². The molecule has 6 nitrogen and oxygen atoms in total. The zero-order valence-electron chi connectivity index (χ0n) is 10.9. The number of carbonyl (C=O) groups is 1. The molecule has 2 N–H and O–H groups in total. The fourth-order valence-electron chi connectivity index (χ4n) is 2.68. The predicted octanol–water partition coefficient (Wildman–Crippen LogP) is 0.683. The van der Waals surface area contributed by atoms with Crippen LogP contribution < -0.4 is 5.73 Å². The first-order valence-electron chi connectivity index (χ1n) is 6.48. The summed E-state index contributed by atoms with van der Waals surface area (Å²) in [5, 5.41) is 4.15. The SMILES string of the molecule is CCCC1(N)CN(C(=O)c2cnn3ccncc23)C1. The molecule has 2 aromatic rings. The Labute approximate surface area is 111 Å². The van der Waals surface area contributed by atoms with Gasteiger partial charge in [-0.25, -0.2) is 4.52 Å². The van der Waals surface area contributed by atoms with Gasteiger partial charge in [-0.3, -0.25) is 9.78 Å². The van der Waals surface area contributed by atoms with Crippen LogP contribution in [0.15, 0.2) is 24.8 Å². The molecule has 0 spiro atoms. The zero-order chi connectivity index (χ0) is 13.5. The van der Waals surface area contributed by atoms with Crippen LogP contribution in [0.5, 0.6) is 0 Å². The van der Waals surface area contributed by atoms with E-state index in [-0.39, 0.29) is 11.4 Å². The normalized spacial score (nSPS) is 17.5. The summed E-state index contributed by atoms with van der Waals surface area (Å²) in [7, 11) is 0. The molecule has 0 bridgehead atoms. The minimum Gasteiger partial charge on any atom is -0.335 e. The maximum atomic E-state index is 12.4. The topological polar surface area (TPSA) is 76.5 Å². The van der Waals surface area contributed by atoms with Gasteiger partial charge in [-0.15, -0.1) is 0 Å². The van der Waals surface area contributed by atoms with Gasteiger partial charge in [-0.1, -0.05) is 13.3 Å². The van der Waals surface area contributed by atoms with Crippen molar-refractivity contribution >= 4 is 11.4 Å². The van der Waals surface area contributed by atoms with Crippen LogP contribution >= 0.6 is 0 Å². The second-order valence-electron chi connectivity index (χ2n) is 5.24. The van der Waals surface area contributed by atoms with Crippen LogP contribution in [0.2, 0.25) is 0 Å². The van der Waals surface area contributed by atoms with Gasteiger partial charge in [0.05, 0.1) is 29.0 Å². The largest absolute Gasteiger partial charge is 0.335 e. The standard InChI is InChI=1S/C13H17N5O/c1-2-3-13(14)8-17(9-13)12(19)10-6-16-18-5-4-15-7-11(10)18/h4-7H,2-3,8-9,14H2,1H3. The molecule has 1 aliphatic heterocycles. The van der Waals surface area contributed by atoms with E-state index in [2.05, 4.69) is 17.0 Å². The van der Waals surface area contributed by atoms with Crippen molar-refractivity contribution in [3.8, 4) is 0 Å². The third-order valence-electron chi connectivity index (χ3n) is 3.60. The average molecular weight is 259 g/mol. The highest BCUT2D eigenvalue weighted by atomic mass is 16.2. The average Bonchev–Trinajstić information content (AvgIpc) is 2.79. The van der Waals surface area contributed by atoms with E-state index in [1.54, 1.807) is 34.2 Å². The predicted molar refractivity (Wildman–Crippen MR) is 70.7 cm³/mol. The summed E-state index contributed by atoms with van der Waals surface area (Å²) in [4.78, 5) is 18.2. The number of hydrogen-bond acceptors (Lipinski definition) is 4. The Bertz CT molecular complexity index is 614. The summed E-state index contributed by atoms with van der Waals surface area (Å²) in [6, 6.07) is 0. The number of rotatable bonds is 3. The van der Waals surface area contributed by atoms with Crippen LogP contribution in [0.3, 0.4) is 0 Å². The molecule has 1 saturated heterocycles. The number of nitrogens with two attached hydrogens (primary N) is 1. The Hall–Kier alpha value is -1.95. The van der Waals surface area contributed by atoms with Crippen molar-refractivity contribution < 1.29 is 4.79 Å². The number of fused-ring (bicyclic) bond motifs is 1. The Morgan fingerprint density at radius 3 is 3.00 bits per heavy atom. The minimum absolute atomic E-state index is 0.0137. The molecule has 0 aromatic carbocycles. The van der Waals surface area contributed by atoms with Gasteiger partial charge in [0.25, 0.3) is 5.91 Å². The van der Waals surface area contributed by atoms with Gasteiger partial charge < -0.3 is 10.6 Å². The number of hydrogen-bond donors (Lipinski definition) is 1. The van der Waals surface area contributed by atoms with Crippen molar-refractivity contribution in [3.63, 3.8) is 0 Å². The third-order valence-corrected chi connectivity index (χ3v) is 3.60. The number of aromatic nitrogens is 3. The highest BCUT2D eigenvalue weighted by Crippen LogP contribution is 2.25. The molecular weight excluding hydrogens is 242 g/mol. The van der Waals surface area contributed by atoms with E-state index in [4.69, 9.17) is 5.73 Å². The van der Waals surface area contributed by atoms with Crippen LogP contribution in [0.25, 0.3) is 5.52 Å². The molecule has 1 amide bonds. The summed E-state index contributed by atoms with van der Waals surface area (Å²) in [5.74, 6) is -0.0137. The Morgan fingerprint density at radius 2 is 2.26 bits per heavy atom. The molecule has 1 aliphatic rings. The second kappa shape index (κ2) is 4.31. The number of amides is 1. The summed E-state index contributed by atoms with van der Waals surface area (Å²) < 4.78 is 1.65. The number of likely N-dealkylation sites (tertiary alicyclic amines) is 1. The molecule has 0 atom stereocenters. The first-order chi connectivity index (χ1) is 9.13. The first-order valence-corrected chi connectivity index (χ1v) is 6.48. The molecule has 0 aliphatic carbocycles. The van der Waals surface area contributed by atoms with Crippen LogP contribution in [0.1, 0.15) is 30.1 Å². The number of carbonyl (C=O) groups excluding carboxylic acids is 1. The molecule has 3 rings (SSSR count). The quantitative estimate of drug-likeness (QED) is 0.879. The van der Waals surface area contributed by atoms with Crippen molar-refractivity contribution in [2.24, 2.45) is 5.73 Å². The molecule has 1 fully saturated rings. The van der Waals surface area contributed by atoms with Gasteiger partial charge in [0.15, 0.2) is 0 Å². The molecular formula is C13H17N5O. The van der Waals surface area contributed by atoms with E-state index < -0.39 is 0 Å². The lowest BCUT2D eigenvalue weighted by atomic mass is 9.86. The summed E-state index contributed by atoms with van der Waals surface area (Å²) in [6.07, 6.45) is 8.61. The van der Waals surface area contributed by atoms with Gasteiger partial charge >= 0.3 is 0 Å². The van der Waals surface area contributed by atoms with Gasteiger partial charge in [-0.2, -0.15) is 5.10 Å². The van der Waals surface area contributed by atoms with Gasteiger partial charge in [-0.05, 0) is 6.42 Å². The fraction of sp³-hybridized carbons (Fsp3) is 0.462. The highest BCUT2D eigenvalue weighted by Gasteiger charge is 2.41. The maximum Gasteiger partial charge on any atom is 0.257 e. The summed E-state index contributed by atoms with van der Waals surface area (Å²) in [6.45, 7) is 3.35. The van der Waals surface area contributed by atoms with E-state index in [1.165, 1.54) is 0 Å². The van der Waals surface area contributed by atoms with Crippen LogP contribution in [-0.4, -0.2) is 44.0 Å². The number of nitrogens with zero attached hydrogens (tertiary/aromatic N) is 4. The lowest BCUT2D eigenvalue weighted by molar-refractivity contribution is 0.0388. The Kier molecular flexibility index (Phi) is 2.74.